The summed E-state index contributed by atoms with van der Waals surface area (Å²) in [6.45, 7) is 6.23. The van der Waals surface area contributed by atoms with E-state index in [0.29, 0.717) is 68.4 Å². The SMILES string of the molecule is CCOCCCN(CC(=O)N(CCc1ccc(OC)c(OC)c1)Cc1ccc(C)s1)C(=O)Nc1ccc(C#N)cc1. The zero-order valence-corrected chi connectivity index (χ0v) is 25.0. The van der Waals surface area contributed by atoms with Crippen LogP contribution in [0.4, 0.5) is 10.5 Å². The Labute approximate surface area is 246 Å². The standard InChI is InChI=1S/C31H38N4O5S/c1-5-40-18-6-16-35(31(37)33-26-11-8-25(20-32)9-12-26)22-30(36)34(21-27-13-7-23(2)41-27)17-15-24-10-14-28(38-3)29(19-24)39-4/h7-14,19H,5-6,15-18,21-22H2,1-4H3,(H,33,37). The lowest BCUT2D eigenvalue weighted by Gasteiger charge is -2.28. The highest BCUT2D eigenvalue weighted by atomic mass is 32.1. The van der Waals surface area contributed by atoms with E-state index in [0.717, 1.165) is 10.4 Å². The Hall–Kier alpha value is -4.07. The van der Waals surface area contributed by atoms with Gasteiger partial charge in [0.15, 0.2) is 11.5 Å². The van der Waals surface area contributed by atoms with Crippen LogP contribution in [0.1, 0.15) is 34.2 Å². The second kappa shape index (κ2) is 16.3. The van der Waals surface area contributed by atoms with Crippen molar-refractivity contribution in [3.05, 3.63) is 75.5 Å². The van der Waals surface area contributed by atoms with Crippen LogP contribution in [-0.4, -0.2) is 68.8 Å². The number of amides is 3. The summed E-state index contributed by atoms with van der Waals surface area (Å²) in [5, 5.41) is 11.9. The van der Waals surface area contributed by atoms with Crippen LogP contribution in [0.2, 0.25) is 0 Å². The summed E-state index contributed by atoms with van der Waals surface area (Å²) in [7, 11) is 3.19. The van der Waals surface area contributed by atoms with E-state index in [-0.39, 0.29) is 18.5 Å². The molecule has 218 valence electrons. The molecule has 0 aliphatic heterocycles. The molecule has 0 radical (unpaired) electrons. The number of hydrogen-bond acceptors (Lipinski definition) is 7. The normalized spacial score (nSPS) is 10.5. The molecule has 0 aliphatic rings. The predicted octanol–water partition coefficient (Wildman–Crippen LogP) is 5.48. The number of benzene rings is 2. The first-order valence-corrected chi connectivity index (χ1v) is 14.4. The van der Waals surface area contributed by atoms with E-state index in [2.05, 4.69) is 11.4 Å². The van der Waals surface area contributed by atoms with Crippen molar-refractivity contribution in [2.24, 2.45) is 0 Å². The highest BCUT2D eigenvalue weighted by molar-refractivity contribution is 7.11. The zero-order chi connectivity index (χ0) is 29.6. The minimum Gasteiger partial charge on any atom is -0.493 e. The van der Waals surface area contributed by atoms with Crippen LogP contribution in [0, 0.1) is 18.3 Å². The average molecular weight is 579 g/mol. The summed E-state index contributed by atoms with van der Waals surface area (Å²) >= 11 is 1.65. The van der Waals surface area contributed by atoms with Crippen LogP contribution in [-0.2, 0) is 22.5 Å². The molecule has 3 amide bonds. The Morgan fingerprint density at radius 2 is 1.73 bits per heavy atom. The van der Waals surface area contributed by atoms with Gasteiger partial charge < -0.3 is 29.3 Å². The molecule has 0 fully saturated rings. The van der Waals surface area contributed by atoms with Crippen molar-refractivity contribution in [1.82, 2.24) is 9.80 Å². The number of rotatable bonds is 15. The molecule has 0 bridgehead atoms. The Kier molecular flexibility index (Phi) is 12.5. The molecule has 2 aromatic carbocycles. The fourth-order valence-corrected chi connectivity index (χ4v) is 5.10. The van der Waals surface area contributed by atoms with Crippen molar-refractivity contribution in [1.29, 1.82) is 5.26 Å². The van der Waals surface area contributed by atoms with Gasteiger partial charge in [-0.2, -0.15) is 5.26 Å². The van der Waals surface area contributed by atoms with E-state index in [4.69, 9.17) is 19.5 Å². The largest absolute Gasteiger partial charge is 0.493 e. The summed E-state index contributed by atoms with van der Waals surface area (Å²) in [5.74, 6) is 1.13. The Morgan fingerprint density at radius 3 is 2.37 bits per heavy atom. The first kappa shape index (κ1) is 31.5. The van der Waals surface area contributed by atoms with E-state index >= 15 is 0 Å². The minimum absolute atomic E-state index is 0.0788. The lowest BCUT2D eigenvalue weighted by molar-refractivity contribution is -0.132. The smallest absolute Gasteiger partial charge is 0.322 e. The van der Waals surface area contributed by atoms with Crippen LogP contribution in [0.15, 0.2) is 54.6 Å². The highest BCUT2D eigenvalue weighted by Gasteiger charge is 2.22. The van der Waals surface area contributed by atoms with E-state index in [1.54, 1.807) is 54.7 Å². The number of hydrogen-bond donors (Lipinski definition) is 1. The quantitative estimate of drug-likeness (QED) is 0.240. The molecule has 1 aromatic heterocycles. The maximum Gasteiger partial charge on any atom is 0.322 e. The second-order valence-electron chi connectivity index (χ2n) is 9.36. The third-order valence-corrected chi connectivity index (χ3v) is 7.40. The van der Waals surface area contributed by atoms with Gasteiger partial charge in [-0.15, -0.1) is 11.3 Å². The number of aryl methyl sites for hydroxylation is 1. The van der Waals surface area contributed by atoms with Crippen molar-refractivity contribution < 1.29 is 23.8 Å². The van der Waals surface area contributed by atoms with E-state index in [1.165, 1.54) is 9.78 Å². The number of urea groups is 1. The molecule has 3 rings (SSSR count). The third-order valence-electron chi connectivity index (χ3n) is 6.41. The molecule has 1 N–H and O–H groups in total. The molecule has 0 atom stereocenters. The number of nitriles is 1. The summed E-state index contributed by atoms with van der Waals surface area (Å²) in [6, 6.07) is 18.1. The Bertz CT molecular complexity index is 1320. The fourth-order valence-electron chi connectivity index (χ4n) is 4.20. The van der Waals surface area contributed by atoms with Crippen molar-refractivity contribution >= 4 is 29.0 Å². The van der Waals surface area contributed by atoms with Gasteiger partial charge in [0.1, 0.15) is 6.54 Å². The van der Waals surface area contributed by atoms with Gasteiger partial charge >= 0.3 is 6.03 Å². The summed E-state index contributed by atoms with van der Waals surface area (Å²) in [6.07, 6.45) is 1.20. The molecule has 41 heavy (non-hydrogen) atoms. The molecule has 0 saturated heterocycles. The first-order chi connectivity index (χ1) is 19.9. The molecule has 9 nitrogen and oxygen atoms in total. The molecule has 0 spiro atoms. The summed E-state index contributed by atoms with van der Waals surface area (Å²) in [5.41, 5.74) is 2.06. The third kappa shape index (κ3) is 9.81. The average Bonchev–Trinajstić information content (AvgIpc) is 3.41. The van der Waals surface area contributed by atoms with Crippen LogP contribution < -0.4 is 14.8 Å². The number of methoxy groups -OCH3 is 2. The molecule has 3 aromatic rings. The molecular weight excluding hydrogens is 540 g/mol. The molecule has 0 saturated carbocycles. The number of thiophene rings is 1. The molecule has 10 heteroatoms. The summed E-state index contributed by atoms with van der Waals surface area (Å²) in [4.78, 5) is 32.6. The molecule has 0 unspecified atom stereocenters. The van der Waals surface area contributed by atoms with Gasteiger partial charge in [-0.05, 0) is 80.8 Å². The van der Waals surface area contributed by atoms with Crippen LogP contribution in [0.25, 0.3) is 0 Å². The minimum atomic E-state index is -0.383. The van der Waals surface area contributed by atoms with Crippen molar-refractivity contribution in [2.75, 3.05) is 52.4 Å². The zero-order valence-electron chi connectivity index (χ0n) is 24.1. The number of nitrogens with one attached hydrogen (secondary N) is 1. The van der Waals surface area contributed by atoms with Crippen molar-refractivity contribution in [2.45, 2.75) is 33.2 Å². The van der Waals surface area contributed by atoms with Crippen LogP contribution in [0.5, 0.6) is 11.5 Å². The monoisotopic (exact) mass is 578 g/mol. The number of carbonyl (C=O) groups is 2. The number of carbonyl (C=O) groups excluding carboxylic acids is 2. The molecule has 0 aliphatic carbocycles. The van der Waals surface area contributed by atoms with Gasteiger partial charge in [-0.3, -0.25) is 4.79 Å². The Balaban J connectivity index is 1.76. The van der Waals surface area contributed by atoms with E-state index in [9.17, 15) is 9.59 Å². The van der Waals surface area contributed by atoms with Gasteiger partial charge in [-0.1, -0.05) is 6.07 Å². The van der Waals surface area contributed by atoms with Gasteiger partial charge in [0.05, 0.1) is 32.4 Å². The van der Waals surface area contributed by atoms with Gasteiger partial charge in [-0.25, -0.2) is 4.79 Å². The fraction of sp³-hybridized carbons (Fsp3) is 0.387. The number of ether oxygens (including phenoxy) is 3. The molecular formula is C31H38N4O5S. The lowest BCUT2D eigenvalue weighted by atomic mass is 10.1. The van der Waals surface area contributed by atoms with Gasteiger partial charge in [0.25, 0.3) is 0 Å². The predicted molar refractivity (Wildman–Crippen MR) is 161 cm³/mol. The summed E-state index contributed by atoms with van der Waals surface area (Å²) < 4.78 is 16.3. The van der Waals surface area contributed by atoms with E-state index < -0.39 is 0 Å². The van der Waals surface area contributed by atoms with Crippen molar-refractivity contribution in [3.8, 4) is 17.6 Å². The first-order valence-electron chi connectivity index (χ1n) is 13.5. The van der Waals surface area contributed by atoms with Crippen molar-refractivity contribution in [3.63, 3.8) is 0 Å². The molecule has 1 heterocycles. The maximum absolute atomic E-state index is 13.7. The second-order valence-corrected chi connectivity index (χ2v) is 10.7. The number of anilines is 1. The van der Waals surface area contributed by atoms with Gasteiger partial charge in [0.2, 0.25) is 5.91 Å². The Morgan fingerprint density at radius 1 is 0.976 bits per heavy atom. The van der Waals surface area contributed by atoms with Crippen LogP contribution >= 0.6 is 11.3 Å². The maximum atomic E-state index is 13.7. The topological polar surface area (TPSA) is 104 Å². The van der Waals surface area contributed by atoms with Gasteiger partial charge in [0, 0.05) is 41.7 Å². The highest BCUT2D eigenvalue weighted by Crippen LogP contribution is 2.28. The van der Waals surface area contributed by atoms with E-state index in [1.807, 2.05) is 44.2 Å². The van der Waals surface area contributed by atoms with Crippen LogP contribution in [0.3, 0.4) is 0 Å². The lowest BCUT2D eigenvalue weighted by Crippen LogP contribution is -2.45. The number of nitrogens with zero attached hydrogens (tertiary/aromatic N) is 3.